The molecular weight excluding hydrogens is 292 g/mol. The van der Waals surface area contributed by atoms with Gasteiger partial charge in [-0.3, -0.25) is 0 Å². The van der Waals surface area contributed by atoms with Crippen LogP contribution in [0.25, 0.3) is 0 Å². The molecule has 3 rings (SSSR count). The zero-order valence-electron chi connectivity index (χ0n) is 13.7. The van der Waals surface area contributed by atoms with Crippen molar-refractivity contribution in [1.82, 2.24) is 9.97 Å². The fourth-order valence-electron chi connectivity index (χ4n) is 2.76. The van der Waals surface area contributed by atoms with Crippen molar-refractivity contribution in [2.24, 2.45) is 5.92 Å². The molecule has 122 valence electrons. The van der Waals surface area contributed by atoms with Gasteiger partial charge in [-0.1, -0.05) is 12.1 Å². The van der Waals surface area contributed by atoms with Crippen LogP contribution in [-0.2, 0) is 6.42 Å². The van der Waals surface area contributed by atoms with Gasteiger partial charge in [-0.05, 0) is 25.0 Å². The lowest BCUT2D eigenvalue weighted by Gasteiger charge is -2.26. The van der Waals surface area contributed by atoms with E-state index in [4.69, 9.17) is 9.47 Å². The van der Waals surface area contributed by atoms with Crippen LogP contribution in [0.3, 0.4) is 0 Å². The van der Waals surface area contributed by atoms with Crippen molar-refractivity contribution in [2.45, 2.75) is 13.3 Å². The van der Waals surface area contributed by atoms with E-state index < -0.39 is 0 Å². The lowest BCUT2D eigenvalue weighted by molar-refractivity contribution is 0.218. The first-order valence-corrected chi connectivity index (χ1v) is 7.75. The number of para-hydroxylation sites is 1. The van der Waals surface area contributed by atoms with Crippen molar-refractivity contribution in [2.75, 3.05) is 37.9 Å². The van der Waals surface area contributed by atoms with Crippen LogP contribution >= 0.6 is 0 Å². The topological polar surface area (TPSA) is 68.3 Å². The molecule has 1 aromatic carbocycles. The van der Waals surface area contributed by atoms with Gasteiger partial charge in [0, 0.05) is 31.3 Å². The number of hydrogen-bond acceptors (Lipinski definition) is 6. The molecule has 0 bridgehead atoms. The van der Waals surface area contributed by atoms with Crippen LogP contribution in [0.2, 0.25) is 0 Å². The molecule has 1 aliphatic heterocycles. The molecule has 23 heavy (non-hydrogen) atoms. The maximum absolute atomic E-state index is 5.90. The van der Waals surface area contributed by atoms with Gasteiger partial charge >= 0.3 is 0 Å². The number of anilines is 2. The highest BCUT2D eigenvalue weighted by atomic mass is 16.5. The SMILES string of the molecule is CNc1cc(C)nc(NCC2COc3c(cccc3OC)C2)n1. The van der Waals surface area contributed by atoms with Gasteiger partial charge in [-0.15, -0.1) is 0 Å². The number of rotatable bonds is 5. The Morgan fingerprint density at radius 1 is 1.35 bits per heavy atom. The van der Waals surface area contributed by atoms with E-state index >= 15 is 0 Å². The molecular formula is C17H22N4O2. The molecule has 2 N–H and O–H groups in total. The second kappa shape index (κ2) is 6.73. The Balaban J connectivity index is 1.65. The number of fused-ring (bicyclic) bond motifs is 1. The van der Waals surface area contributed by atoms with Crippen LogP contribution < -0.4 is 20.1 Å². The quantitative estimate of drug-likeness (QED) is 0.884. The number of nitrogens with zero attached hydrogens (tertiary/aromatic N) is 2. The minimum Gasteiger partial charge on any atom is -0.493 e. The minimum atomic E-state index is 0.372. The van der Waals surface area contributed by atoms with Crippen molar-refractivity contribution >= 4 is 11.8 Å². The summed E-state index contributed by atoms with van der Waals surface area (Å²) in [4.78, 5) is 8.83. The van der Waals surface area contributed by atoms with Gasteiger partial charge in [0.2, 0.25) is 5.95 Å². The smallest absolute Gasteiger partial charge is 0.224 e. The molecule has 0 saturated carbocycles. The molecule has 6 nitrogen and oxygen atoms in total. The van der Waals surface area contributed by atoms with Gasteiger partial charge in [0.15, 0.2) is 11.5 Å². The molecule has 0 radical (unpaired) electrons. The van der Waals surface area contributed by atoms with Crippen molar-refractivity contribution < 1.29 is 9.47 Å². The standard InChI is InChI=1S/C17H22N4O2/c1-11-7-15(18-2)21-17(20-11)19-9-12-8-13-5-4-6-14(22-3)16(13)23-10-12/h4-7,12H,8-10H2,1-3H3,(H2,18,19,20,21). The average Bonchev–Trinajstić information content (AvgIpc) is 2.58. The lowest BCUT2D eigenvalue weighted by Crippen LogP contribution is -2.28. The van der Waals surface area contributed by atoms with E-state index in [9.17, 15) is 0 Å². The third-order valence-electron chi connectivity index (χ3n) is 3.91. The van der Waals surface area contributed by atoms with Crippen molar-refractivity contribution in [1.29, 1.82) is 0 Å². The molecule has 0 fully saturated rings. The molecule has 1 aromatic heterocycles. The van der Waals surface area contributed by atoms with Crippen LogP contribution in [0, 0.1) is 12.8 Å². The van der Waals surface area contributed by atoms with Gasteiger partial charge in [0.1, 0.15) is 5.82 Å². The summed E-state index contributed by atoms with van der Waals surface area (Å²) in [7, 11) is 3.52. The number of methoxy groups -OCH3 is 1. The highest BCUT2D eigenvalue weighted by molar-refractivity contribution is 5.48. The fraction of sp³-hybridized carbons (Fsp3) is 0.412. The van der Waals surface area contributed by atoms with Gasteiger partial charge in [-0.2, -0.15) is 4.98 Å². The Bertz CT molecular complexity index is 690. The molecule has 0 saturated heterocycles. The Hall–Kier alpha value is -2.50. The average molecular weight is 314 g/mol. The predicted molar refractivity (Wildman–Crippen MR) is 90.5 cm³/mol. The van der Waals surface area contributed by atoms with E-state index in [1.54, 1.807) is 7.11 Å². The summed E-state index contributed by atoms with van der Waals surface area (Å²) in [6.07, 6.45) is 0.949. The summed E-state index contributed by atoms with van der Waals surface area (Å²) in [6.45, 7) is 3.38. The highest BCUT2D eigenvalue weighted by Gasteiger charge is 2.22. The number of benzene rings is 1. The Kier molecular flexibility index (Phi) is 4.50. The summed E-state index contributed by atoms with van der Waals surface area (Å²) in [5.41, 5.74) is 2.12. The Labute approximate surface area is 136 Å². The molecule has 2 aromatic rings. The predicted octanol–water partition coefficient (Wildman–Crippen LogP) is 2.50. The van der Waals surface area contributed by atoms with Gasteiger partial charge in [-0.25, -0.2) is 4.98 Å². The molecule has 6 heteroatoms. The second-order valence-corrected chi connectivity index (χ2v) is 5.68. The maximum atomic E-state index is 5.90. The number of hydrogen-bond donors (Lipinski definition) is 2. The van der Waals surface area contributed by atoms with E-state index in [0.29, 0.717) is 18.5 Å². The lowest BCUT2D eigenvalue weighted by atomic mass is 9.96. The Morgan fingerprint density at radius 3 is 3.00 bits per heavy atom. The molecule has 2 heterocycles. The van der Waals surface area contributed by atoms with Crippen LogP contribution in [-0.4, -0.2) is 37.3 Å². The minimum absolute atomic E-state index is 0.372. The van der Waals surface area contributed by atoms with E-state index in [1.807, 2.05) is 32.2 Å². The van der Waals surface area contributed by atoms with E-state index in [1.165, 1.54) is 5.56 Å². The van der Waals surface area contributed by atoms with E-state index in [-0.39, 0.29) is 0 Å². The van der Waals surface area contributed by atoms with Crippen LogP contribution in [0.4, 0.5) is 11.8 Å². The molecule has 0 aliphatic carbocycles. The van der Waals surface area contributed by atoms with Crippen molar-refractivity contribution in [3.8, 4) is 11.5 Å². The highest BCUT2D eigenvalue weighted by Crippen LogP contribution is 2.35. The zero-order valence-corrected chi connectivity index (χ0v) is 13.7. The molecule has 0 amide bonds. The Morgan fingerprint density at radius 2 is 2.22 bits per heavy atom. The number of aryl methyl sites for hydroxylation is 1. The molecule has 1 unspecified atom stereocenters. The van der Waals surface area contributed by atoms with Crippen LogP contribution in [0.15, 0.2) is 24.3 Å². The fourth-order valence-corrected chi connectivity index (χ4v) is 2.76. The first kappa shape index (κ1) is 15.4. The summed E-state index contributed by atoms with van der Waals surface area (Å²) in [6, 6.07) is 7.93. The summed E-state index contributed by atoms with van der Waals surface area (Å²) >= 11 is 0. The van der Waals surface area contributed by atoms with Gasteiger partial charge < -0.3 is 20.1 Å². The monoisotopic (exact) mass is 314 g/mol. The third-order valence-corrected chi connectivity index (χ3v) is 3.91. The summed E-state index contributed by atoms with van der Waals surface area (Å²) in [5, 5.41) is 6.36. The van der Waals surface area contributed by atoms with Crippen LogP contribution in [0.1, 0.15) is 11.3 Å². The zero-order chi connectivity index (χ0) is 16.2. The van der Waals surface area contributed by atoms with Crippen LogP contribution in [0.5, 0.6) is 11.5 Å². The number of nitrogens with one attached hydrogen (secondary N) is 2. The first-order chi connectivity index (χ1) is 11.2. The second-order valence-electron chi connectivity index (χ2n) is 5.68. The summed E-state index contributed by atoms with van der Waals surface area (Å²) < 4.78 is 11.2. The third kappa shape index (κ3) is 3.47. The number of aromatic nitrogens is 2. The first-order valence-electron chi connectivity index (χ1n) is 7.75. The van der Waals surface area contributed by atoms with Gasteiger partial charge in [0.25, 0.3) is 0 Å². The molecule has 0 spiro atoms. The normalized spacial score (nSPS) is 16.2. The van der Waals surface area contributed by atoms with E-state index in [2.05, 4.69) is 26.7 Å². The van der Waals surface area contributed by atoms with Crippen molar-refractivity contribution in [3.63, 3.8) is 0 Å². The van der Waals surface area contributed by atoms with Gasteiger partial charge in [0.05, 0.1) is 13.7 Å². The van der Waals surface area contributed by atoms with Crippen molar-refractivity contribution in [3.05, 3.63) is 35.5 Å². The maximum Gasteiger partial charge on any atom is 0.224 e. The summed E-state index contributed by atoms with van der Waals surface area (Å²) in [5.74, 6) is 3.50. The molecule has 1 aliphatic rings. The molecule has 1 atom stereocenters. The largest absolute Gasteiger partial charge is 0.493 e. The number of ether oxygens (including phenoxy) is 2. The van der Waals surface area contributed by atoms with E-state index in [0.717, 1.165) is 36.0 Å².